The van der Waals surface area contributed by atoms with Gasteiger partial charge in [-0.05, 0) is 31.3 Å². The predicted molar refractivity (Wildman–Crippen MR) is 58.4 cm³/mol. The Balaban J connectivity index is 2.07. The third-order valence-corrected chi connectivity index (χ3v) is 3.63. The zero-order valence-electron chi connectivity index (χ0n) is 8.40. The summed E-state index contributed by atoms with van der Waals surface area (Å²) < 4.78 is 5.47. The highest BCUT2D eigenvalue weighted by molar-refractivity contribution is 7.99. The van der Waals surface area contributed by atoms with Crippen LogP contribution in [0.4, 0.5) is 0 Å². The number of nitrogens with zero attached hydrogens (tertiary/aromatic N) is 1. The molecule has 1 saturated heterocycles. The van der Waals surface area contributed by atoms with Crippen molar-refractivity contribution in [2.75, 3.05) is 11.5 Å². The van der Waals surface area contributed by atoms with Gasteiger partial charge in [0, 0.05) is 12.0 Å². The molecule has 0 aliphatic carbocycles. The molecule has 14 heavy (non-hydrogen) atoms. The molecule has 0 spiro atoms. The van der Waals surface area contributed by atoms with Crippen LogP contribution in [0, 0.1) is 0 Å². The molecule has 2 heterocycles. The minimum absolute atomic E-state index is 0.0227. The lowest BCUT2D eigenvalue weighted by Gasteiger charge is -2.17. The largest absolute Gasteiger partial charge is 0.448 e. The van der Waals surface area contributed by atoms with Crippen LogP contribution in [0.15, 0.2) is 10.7 Å². The van der Waals surface area contributed by atoms with E-state index in [-0.39, 0.29) is 6.04 Å². The minimum Gasteiger partial charge on any atom is -0.448 e. The summed E-state index contributed by atoms with van der Waals surface area (Å²) in [6, 6.07) is -0.0227. The molecule has 1 atom stereocenters. The van der Waals surface area contributed by atoms with Gasteiger partial charge in [0.05, 0.1) is 5.69 Å². The van der Waals surface area contributed by atoms with Crippen LogP contribution >= 0.6 is 11.8 Å². The first-order chi connectivity index (χ1) is 6.77. The zero-order chi connectivity index (χ0) is 9.97. The number of hydrogen-bond acceptors (Lipinski definition) is 4. The van der Waals surface area contributed by atoms with Gasteiger partial charge in [-0.1, -0.05) is 0 Å². The molecule has 1 unspecified atom stereocenters. The third kappa shape index (κ3) is 2.12. The van der Waals surface area contributed by atoms with E-state index in [1.54, 1.807) is 6.26 Å². The lowest BCUT2D eigenvalue weighted by Crippen LogP contribution is -2.09. The summed E-state index contributed by atoms with van der Waals surface area (Å²) in [7, 11) is 0. The molecule has 78 valence electrons. The average molecular weight is 212 g/mol. The van der Waals surface area contributed by atoms with Crippen molar-refractivity contribution in [2.45, 2.75) is 31.7 Å². The molecule has 3 nitrogen and oxygen atoms in total. The molecule has 0 amide bonds. The second-order valence-corrected chi connectivity index (χ2v) is 5.01. The van der Waals surface area contributed by atoms with Crippen molar-refractivity contribution in [1.82, 2.24) is 4.98 Å². The van der Waals surface area contributed by atoms with E-state index in [0.717, 1.165) is 11.6 Å². The Morgan fingerprint density at radius 1 is 1.57 bits per heavy atom. The quantitative estimate of drug-likeness (QED) is 0.817. The van der Waals surface area contributed by atoms with Crippen LogP contribution < -0.4 is 5.73 Å². The number of hydrogen-bond donors (Lipinski definition) is 1. The van der Waals surface area contributed by atoms with Gasteiger partial charge in [0.1, 0.15) is 6.26 Å². The molecule has 4 heteroatoms. The molecule has 0 bridgehead atoms. The van der Waals surface area contributed by atoms with Crippen LogP contribution in [0.1, 0.15) is 43.3 Å². The molecule has 0 saturated carbocycles. The molecule has 1 fully saturated rings. The Kier molecular flexibility index (Phi) is 3.13. The summed E-state index contributed by atoms with van der Waals surface area (Å²) in [4.78, 5) is 4.43. The molecule has 0 aromatic carbocycles. The number of oxazole rings is 1. The first-order valence-corrected chi connectivity index (χ1v) is 6.21. The van der Waals surface area contributed by atoms with Gasteiger partial charge in [-0.15, -0.1) is 0 Å². The Morgan fingerprint density at radius 3 is 2.86 bits per heavy atom. The molecular formula is C10H16N2OS. The van der Waals surface area contributed by atoms with E-state index < -0.39 is 0 Å². The maximum Gasteiger partial charge on any atom is 0.197 e. The maximum absolute atomic E-state index is 5.73. The monoisotopic (exact) mass is 212 g/mol. The summed E-state index contributed by atoms with van der Waals surface area (Å²) >= 11 is 2.01. The molecule has 0 radical (unpaired) electrons. The lowest BCUT2D eigenvalue weighted by molar-refractivity contribution is 0.430. The Morgan fingerprint density at radius 2 is 2.29 bits per heavy atom. The predicted octanol–water partition coefficient (Wildman–Crippen LogP) is 2.30. The van der Waals surface area contributed by atoms with E-state index in [4.69, 9.17) is 10.2 Å². The second-order valence-electron chi connectivity index (χ2n) is 3.79. The minimum atomic E-state index is -0.0227. The van der Waals surface area contributed by atoms with Crippen molar-refractivity contribution in [1.29, 1.82) is 0 Å². The van der Waals surface area contributed by atoms with Gasteiger partial charge in [0.25, 0.3) is 0 Å². The van der Waals surface area contributed by atoms with Crippen LogP contribution in [0.25, 0.3) is 0 Å². The molecular weight excluding hydrogens is 196 g/mol. The highest BCUT2D eigenvalue weighted by Crippen LogP contribution is 2.31. The second kappa shape index (κ2) is 4.36. The first kappa shape index (κ1) is 10.1. The summed E-state index contributed by atoms with van der Waals surface area (Å²) in [5.41, 5.74) is 6.60. The Labute approximate surface area is 88.5 Å². The van der Waals surface area contributed by atoms with Crippen molar-refractivity contribution >= 4 is 11.8 Å². The standard InChI is InChI=1S/C10H16N2OS/c1-7(11)9-6-13-10(12-9)8-2-4-14-5-3-8/h6-8H,2-5,11H2,1H3. The SMILES string of the molecule is CC(N)c1coc(C2CCSCC2)n1. The van der Waals surface area contributed by atoms with Crippen molar-refractivity contribution in [3.63, 3.8) is 0 Å². The van der Waals surface area contributed by atoms with E-state index in [1.165, 1.54) is 24.3 Å². The number of nitrogens with two attached hydrogens (primary N) is 1. The lowest BCUT2D eigenvalue weighted by atomic mass is 10.0. The fourth-order valence-electron chi connectivity index (χ4n) is 1.64. The highest BCUT2D eigenvalue weighted by atomic mass is 32.2. The highest BCUT2D eigenvalue weighted by Gasteiger charge is 2.21. The van der Waals surface area contributed by atoms with Crippen LogP contribution in [0.2, 0.25) is 0 Å². The van der Waals surface area contributed by atoms with Crippen molar-refractivity contribution in [2.24, 2.45) is 5.73 Å². The first-order valence-electron chi connectivity index (χ1n) is 5.06. The van der Waals surface area contributed by atoms with Gasteiger partial charge in [0.2, 0.25) is 0 Å². The van der Waals surface area contributed by atoms with Gasteiger partial charge in [-0.3, -0.25) is 0 Å². The van der Waals surface area contributed by atoms with Crippen LogP contribution in [-0.4, -0.2) is 16.5 Å². The molecule has 1 aliphatic heterocycles. The van der Waals surface area contributed by atoms with E-state index in [1.807, 2.05) is 18.7 Å². The number of aromatic nitrogens is 1. The summed E-state index contributed by atoms with van der Waals surface area (Å²) in [6.07, 6.45) is 4.06. The van der Waals surface area contributed by atoms with E-state index in [2.05, 4.69) is 4.98 Å². The number of rotatable bonds is 2. The topological polar surface area (TPSA) is 52.0 Å². The van der Waals surface area contributed by atoms with Crippen LogP contribution in [0.3, 0.4) is 0 Å². The van der Waals surface area contributed by atoms with Crippen LogP contribution in [0.5, 0.6) is 0 Å². The third-order valence-electron chi connectivity index (χ3n) is 2.58. The molecule has 1 aromatic heterocycles. The molecule has 1 aromatic rings. The number of thioether (sulfide) groups is 1. The van der Waals surface area contributed by atoms with Gasteiger partial charge in [0.15, 0.2) is 5.89 Å². The summed E-state index contributed by atoms with van der Waals surface area (Å²) in [5.74, 6) is 3.85. The molecule has 1 aliphatic rings. The smallest absolute Gasteiger partial charge is 0.197 e. The van der Waals surface area contributed by atoms with Crippen LogP contribution in [-0.2, 0) is 0 Å². The fourth-order valence-corrected chi connectivity index (χ4v) is 2.75. The zero-order valence-corrected chi connectivity index (χ0v) is 9.22. The van der Waals surface area contributed by atoms with E-state index >= 15 is 0 Å². The van der Waals surface area contributed by atoms with Crippen molar-refractivity contribution in [3.8, 4) is 0 Å². The van der Waals surface area contributed by atoms with E-state index in [0.29, 0.717) is 5.92 Å². The van der Waals surface area contributed by atoms with Gasteiger partial charge in [-0.2, -0.15) is 11.8 Å². The Bertz CT molecular complexity index is 292. The molecule has 2 rings (SSSR count). The summed E-state index contributed by atoms with van der Waals surface area (Å²) in [6.45, 7) is 1.93. The van der Waals surface area contributed by atoms with E-state index in [9.17, 15) is 0 Å². The van der Waals surface area contributed by atoms with Crippen molar-refractivity contribution < 1.29 is 4.42 Å². The fraction of sp³-hybridized carbons (Fsp3) is 0.700. The molecule has 2 N–H and O–H groups in total. The normalized spacial score (nSPS) is 21.0. The average Bonchev–Trinajstić information content (AvgIpc) is 2.68. The van der Waals surface area contributed by atoms with Gasteiger partial charge >= 0.3 is 0 Å². The van der Waals surface area contributed by atoms with Crippen molar-refractivity contribution in [3.05, 3.63) is 17.8 Å². The summed E-state index contributed by atoms with van der Waals surface area (Å²) in [5, 5.41) is 0. The van der Waals surface area contributed by atoms with Gasteiger partial charge < -0.3 is 10.2 Å². The van der Waals surface area contributed by atoms with Gasteiger partial charge in [-0.25, -0.2) is 4.98 Å². The Hall–Kier alpha value is -0.480. The maximum atomic E-state index is 5.73.